The predicted molar refractivity (Wildman–Crippen MR) is 61.6 cm³/mol. The Morgan fingerprint density at radius 1 is 1.08 bits per heavy atom. The Bertz CT molecular complexity index is 48.0. The molecule has 12 heavy (non-hydrogen) atoms. The molecule has 0 aliphatic heterocycles. The van der Waals surface area contributed by atoms with E-state index in [0.717, 1.165) is 5.92 Å². The highest BCUT2D eigenvalue weighted by molar-refractivity contribution is 4.47. The summed E-state index contributed by atoms with van der Waals surface area (Å²) in [4.78, 5) is 0. The Kier molecular flexibility index (Phi) is 33.1. The maximum absolute atomic E-state index is 3.00. The molecule has 0 heterocycles. The highest BCUT2D eigenvalue weighted by atomic mass is 14.0. The van der Waals surface area contributed by atoms with E-state index in [2.05, 4.69) is 33.9 Å². The van der Waals surface area contributed by atoms with Crippen LogP contribution in [0.2, 0.25) is 0 Å². The first-order valence-electron chi connectivity index (χ1n) is 5.31. The lowest BCUT2D eigenvalue weighted by Crippen LogP contribution is -1.89. The minimum absolute atomic E-state index is 0.954. The fraction of sp³-hybridized carbons (Fsp3) is 0.833. The lowest BCUT2D eigenvalue weighted by Gasteiger charge is -2.04. The summed E-state index contributed by atoms with van der Waals surface area (Å²) in [7, 11) is 0. The molecule has 1 unspecified atom stereocenters. The maximum Gasteiger partial charge on any atom is -0.0445 e. The van der Waals surface area contributed by atoms with Crippen LogP contribution < -0.4 is 0 Å². The van der Waals surface area contributed by atoms with E-state index in [1.54, 1.807) is 0 Å². The quantitative estimate of drug-likeness (QED) is 0.520. The number of unbranched alkanes of at least 4 members (excludes halogenated alkanes) is 1. The van der Waals surface area contributed by atoms with E-state index in [4.69, 9.17) is 0 Å². The minimum atomic E-state index is 0.954. The molecule has 0 N–H and O–H groups in total. The fourth-order valence-corrected chi connectivity index (χ4v) is 0.757. The van der Waals surface area contributed by atoms with Gasteiger partial charge in [0.25, 0.3) is 0 Å². The van der Waals surface area contributed by atoms with Crippen molar-refractivity contribution in [2.75, 3.05) is 0 Å². The van der Waals surface area contributed by atoms with E-state index < -0.39 is 0 Å². The van der Waals surface area contributed by atoms with Crippen LogP contribution in [0.3, 0.4) is 0 Å². The van der Waals surface area contributed by atoms with Crippen molar-refractivity contribution in [2.24, 2.45) is 5.92 Å². The summed E-state index contributed by atoms with van der Waals surface area (Å²) in [5.41, 5.74) is 0. The van der Waals surface area contributed by atoms with Crippen LogP contribution in [0.25, 0.3) is 0 Å². The van der Waals surface area contributed by atoms with Gasteiger partial charge in [0.15, 0.2) is 0 Å². The fourth-order valence-electron chi connectivity index (χ4n) is 0.757. The van der Waals surface area contributed by atoms with E-state index in [0.29, 0.717) is 0 Å². The van der Waals surface area contributed by atoms with E-state index >= 15 is 0 Å². The first-order valence-corrected chi connectivity index (χ1v) is 5.31. The minimum Gasteiger partial charge on any atom is -0.106 e. The van der Waals surface area contributed by atoms with Gasteiger partial charge in [0.1, 0.15) is 0 Å². The molecule has 0 aliphatic carbocycles. The third kappa shape index (κ3) is 22.6. The summed E-state index contributed by atoms with van der Waals surface area (Å²) < 4.78 is 0. The van der Waals surface area contributed by atoms with Gasteiger partial charge in [0.2, 0.25) is 0 Å². The largest absolute Gasteiger partial charge is 0.106 e. The Balaban J connectivity index is -0.000000175. The van der Waals surface area contributed by atoms with Gasteiger partial charge in [-0.3, -0.25) is 0 Å². The molecule has 0 aromatic heterocycles. The topological polar surface area (TPSA) is 0 Å². The molecule has 0 saturated carbocycles. The van der Waals surface area contributed by atoms with Crippen molar-refractivity contribution in [3.05, 3.63) is 13.2 Å². The Morgan fingerprint density at radius 3 is 1.75 bits per heavy atom. The van der Waals surface area contributed by atoms with Crippen LogP contribution >= 0.6 is 0 Å². The molecule has 0 bridgehead atoms. The van der Waals surface area contributed by atoms with Crippen LogP contribution in [-0.2, 0) is 0 Å². The van der Waals surface area contributed by atoms with Crippen LogP contribution in [-0.4, -0.2) is 0 Å². The molecule has 0 aliphatic rings. The monoisotopic (exact) mass is 172 g/mol. The average Bonchev–Trinajstić information content (AvgIpc) is 2.20. The molecule has 0 fully saturated rings. The van der Waals surface area contributed by atoms with Gasteiger partial charge >= 0.3 is 0 Å². The Labute approximate surface area is 80.1 Å². The lowest BCUT2D eigenvalue weighted by molar-refractivity contribution is 0.492. The molecule has 0 heteroatoms. The third-order valence-corrected chi connectivity index (χ3v) is 1.75. The first-order chi connectivity index (χ1) is 5.81. The molecule has 0 aromatic carbocycles. The van der Waals surface area contributed by atoms with Gasteiger partial charge in [-0.05, 0) is 5.92 Å². The molecule has 0 radical (unpaired) electrons. The normalized spacial score (nSPS) is 10.1. The SMILES string of the molecule is C=C.CC.CCCCC(C)CC. The number of hydrogen-bond acceptors (Lipinski definition) is 0. The molecular formula is C12H28. The van der Waals surface area contributed by atoms with E-state index in [9.17, 15) is 0 Å². The molecule has 0 aromatic rings. The van der Waals surface area contributed by atoms with Crippen molar-refractivity contribution in [3.63, 3.8) is 0 Å². The third-order valence-electron chi connectivity index (χ3n) is 1.75. The summed E-state index contributed by atoms with van der Waals surface area (Å²) in [6, 6.07) is 0. The zero-order valence-electron chi connectivity index (χ0n) is 9.82. The molecule has 1 atom stereocenters. The highest BCUT2D eigenvalue weighted by Gasteiger charge is 1.94. The van der Waals surface area contributed by atoms with Crippen molar-refractivity contribution in [2.45, 2.75) is 60.3 Å². The maximum atomic E-state index is 3.00. The van der Waals surface area contributed by atoms with Crippen LogP contribution in [0.15, 0.2) is 13.2 Å². The lowest BCUT2D eigenvalue weighted by atomic mass is 10.0. The molecule has 0 amide bonds. The molecule has 0 nitrogen and oxygen atoms in total. The summed E-state index contributed by atoms with van der Waals surface area (Å²) in [5.74, 6) is 0.954. The predicted octanol–water partition coefficient (Wildman–Crippen LogP) is 5.05. The van der Waals surface area contributed by atoms with Crippen LogP contribution in [0.1, 0.15) is 60.3 Å². The van der Waals surface area contributed by atoms with Crippen molar-refractivity contribution in [1.82, 2.24) is 0 Å². The number of rotatable bonds is 4. The van der Waals surface area contributed by atoms with Gasteiger partial charge in [-0.1, -0.05) is 60.3 Å². The van der Waals surface area contributed by atoms with Gasteiger partial charge in [-0.15, -0.1) is 13.2 Å². The van der Waals surface area contributed by atoms with Crippen molar-refractivity contribution in [3.8, 4) is 0 Å². The van der Waals surface area contributed by atoms with E-state index in [1.807, 2.05) is 13.8 Å². The van der Waals surface area contributed by atoms with Crippen LogP contribution in [0, 0.1) is 5.92 Å². The van der Waals surface area contributed by atoms with Crippen molar-refractivity contribution < 1.29 is 0 Å². The summed E-state index contributed by atoms with van der Waals surface area (Å²) in [6.07, 6.45) is 5.53. The van der Waals surface area contributed by atoms with Gasteiger partial charge in [-0.25, -0.2) is 0 Å². The Morgan fingerprint density at radius 2 is 1.50 bits per heavy atom. The smallest absolute Gasteiger partial charge is 0.0445 e. The molecule has 0 rings (SSSR count). The second kappa shape index (κ2) is 22.4. The van der Waals surface area contributed by atoms with Gasteiger partial charge in [0.05, 0.1) is 0 Å². The van der Waals surface area contributed by atoms with Gasteiger partial charge in [-0.2, -0.15) is 0 Å². The zero-order valence-corrected chi connectivity index (χ0v) is 9.82. The summed E-state index contributed by atoms with van der Waals surface area (Å²) in [6.45, 7) is 16.8. The zero-order chi connectivity index (χ0) is 10.4. The molecule has 0 saturated heterocycles. The number of hydrogen-bond donors (Lipinski definition) is 0. The summed E-state index contributed by atoms with van der Waals surface area (Å²) in [5, 5.41) is 0. The van der Waals surface area contributed by atoms with Gasteiger partial charge < -0.3 is 0 Å². The average molecular weight is 172 g/mol. The van der Waals surface area contributed by atoms with E-state index in [1.165, 1.54) is 25.7 Å². The Hall–Kier alpha value is -0.260. The van der Waals surface area contributed by atoms with Gasteiger partial charge in [0, 0.05) is 0 Å². The van der Waals surface area contributed by atoms with Crippen molar-refractivity contribution >= 4 is 0 Å². The summed E-state index contributed by atoms with van der Waals surface area (Å²) >= 11 is 0. The molecule has 76 valence electrons. The molecular weight excluding hydrogens is 144 g/mol. The van der Waals surface area contributed by atoms with Crippen LogP contribution in [0.5, 0.6) is 0 Å². The van der Waals surface area contributed by atoms with Crippen molar-refractivity contribution in [1.29, 1.82) is 0 Å². The van der Waals surface area contributed by atoms with Crippen LogP contribution in [0.4, 0.5) is 0 Å². The second-order valence-corrected chi connectivity index (χ2v) is 2.66. The standard InChI is InChI=1S/C8H18.C2H6.C2H4/c1-4-6-7-8(3)5-2;2*1-2/h8H,4-7H2,1-3H3;1-2H3;1-2H2. The second-order valence-electron chi connectivity index (χ2n) is 2.66. The first kappa shape index (κ1) is 17.7. The highest BCUT2D eigenvalue weighted by Crippen LogP contribution is 2.09. The van der Waals surface area contributed by atoms with E-state index in [-0.39, 0.29) is 0 Å². The molecule has 0 spiro atoms.